The van der Waals surface area contributed by atoms with Crippen LogP contribution in [0.25, 0.3) is 0 Å². The summed E-state index contributed by atoms with van der Waals surface area (Å²) in [6.07, 6.45) is 9.74. The van der Waals surface area contributed by atoms with Crippen molar-refractivity contribution < 1.29 is 14.3 Å². The fraction of sp³-hybridized carbons (Fsp3) is 0.737. The number of nitrogens with zero attached hydrogens (tertiary/aromatic N) is 2. The summed E-state index contributed by atoms with van der Waals surface area (Å²) in [5.74, 6) is 0.00760. The largest absolute Gasteiger partial charge is 0.378 e. The molecule has 2 aliphatic rings. The number of hydrogen-bond donors (Lipinski definition) is 2. The highest BCUT2D eigenvalue weighted by atomic mass is 16.5. The second kappa shape index (κ2) is 8.20. The average molecular weight is 362 g/mol. The van der Waals surface area contributed by atoms with Crippen LogP contribution in [0.1, 0.15) is 51.8 Å². The molecule has 1 spiro atoms. The molecular formula is C19H30N4O3. The van der Waals surface area contributed by atoms with Crippen molar-refractivity contribution in [1.29, 1.82) is 0 Å². The van der Waals surface area contributed by atoms with Gasteiger partial charge >= 0.3 is 11.8 Å². The minimum absolute atomic E-state index is 0.102. The molecule has 1 aromatic heterocycles. The van der Waals surface area contributed by atoms with Gasteiger partial charge in [0.2, 0.25) is 0 Å². The summed E-state index contributed by atoms with van der Waals surface area (Å²) in [6.45, 7) is 6.27. The van der Waals surface area contributed by atoms with E-state index in [2.05, 4.69) is 34.0 Å². The summed E-state index contributed by atoms with van der Waals surface area (Å²) in [4.78, 5) is 28.3. The van der Waals surface area contributed by atoms with E-state index in [1.807, 2.05) is 6.20 Å². The van der Waals surface area contributed by atoms with Crippen LogP contribution in [0.15, 0.2) is 12.4 Å². The van der Waals surface area contributed by atoms with Crippen LogP contribution in [0, 0.1) is 5.41 Å². The quantitative estimate of drug-likeness (QED) is 0.567. The number of imidazole rings is 1. The predicted octanol–water partition coefficient (Wildman–Crippen LogP) is 1.42. The molecule has 7 heteroatoms. The first-order valence-corrected chi connectivity index (χ1v) is 9.71. The zero-order valence-corrected chi connectivity index (χ0v) is 15.8. The molecule has 0 aromatic carbocycles. The molecule has 0 bridgehead atoms. The monoisotopic (exact) mass is 362 g/mol. The first kappa shape index (κ1) is 18.9. The number of hydrogen-bond acceptors (Lipinski definition) is 4. The van der Waals surface area contributed by atoms with Crippen molar-refractivity contribution in [2.24, 2.45) is 5.41 Å². The van der Waals surface area contributed by atoms with E-state index in [0.29, 0.717) is 12.6 Å². The highest BCUT2D eigenvalue weighted by molar-refractivity contribution is 6.35. The first-order valence-electron chi connectivity index (χ1n) is 9.71. The molecule has 0 radical (unpaired) electrons. The lowest BCUT2D eigenvalue weighted by atomic mass is 9.64. The maximum atomic E-state index is 12.0. The lowest BCUT2D eigenvalue weighted by molar-refractivity contribution is -0.140. The molecular weight excluding hydrogens is 332 g/mol. The molecule has 1 aliphatic heterocycles. The SMILES string of the molecule is CCCc1nccn1CCCNC(=O)C(=O)NC1CC2(COC(C)C2)C1. The number of nitrogens with one attached hydrogen (secondary N) is 2. The highest BCUT2D eigenvalue weighted by Gasteiger charge is 2.49. The Kier molecular flexibility index (Phi) is 5.96. The van der Waals surface area contributed by atoms with Crippen molar-refractivity contribution in [3.63, 3.8) is 0 Å². The Labute approximate surface area is 154 Å². The summed E-state index contributed by atoms with van der Waals surface area (Å²) in [5, 5.41) is 5.55. The average Bonchev–Trinajstić information content (AvgIpc) is 3.18. The van der Waals surface area contributed by atoms with E-state index in [4.69, 9.17) is 4.74 Å². The number of aromatic nitrogens is 2. The van der Waals surface area contributed by atoms with Crippen LogP contribution in [0.4, 0.5) is 0 Å². The van der Waals surface area contributed by atoms with Crippen LogP contribution in [-0.4, -0.2) is 46.7 Å². The maximum Gasteiger partial charge on any atom is 0.309 e. The van der Waals surface area contributed by atoms with Crippen molar-refractivity contribution in [2.75, 3.05) is 13.2 Å². The Balaban J connectivity index is 1.31. The van der Waals surface area contributed by atoms with Crippen LogP contribution in [0.2, 0.25) is 0 Å². The number of carbonyl (C=O) groups is 2. The van der Waals surface area contributed by atoms with Crippen molar-refractivity contribution in [3.8, 4) is 0 Å². The zero-order chi connectivity index (χ0) is 18.6. The molecule has 1 aromatic rings. The van der Waals surface area contributed by atoms with Crippen LogP contribution >= 0.6 is 0 Å². The first-order chi connectivity index (χ1) is 12.5. The van der Waals surface area contributed by atoms with E-state index in [1.54, 1.807) is 6.20 Å². The lowest BCUT2D eigenvalue weighted by Crippen LogP contribution is -2.54. The van der Waals surface area contributed by atoms with Gasteiger partial charge in [-0.25, -0.2) is 4.98 Å². The van der Waals surface area contributed by atoms with Gasteiger partial charge in [-0.05, 0) is 39.0 Å². The van der Waals surface area contributed by atoms with Gasteiger partial charge in [-0.15, -0.1) is 0 Å². The molecule has 1 aliphatic carbocycles. The zero-order valence-electron chi connectivity index (χ0n) is 15.8. The van der Waals surface area contributed by atoms with E-state index in [9.17, 15) is 9.59 Å². The second-order valence-corrected chi connectivity index (χ2v) is 7.80. The van der Waals surface area contributed by atoms with Crippen molar-refractivity contribution >= 4 is 11.8 Å². The summed E-state index contributed by atoms with van der Waals surface area (Å²) in [6, 6.07) is 0.102. The van der Waals surface area contributed by atoms with E-state index in [0.717, 1.165) is 57.5 Å². The van der Waals surface area contributed by atoms with Crippen LogP contribution in [0.3, 0.4) is 0 Å². The van der Waals surface area contributed by atoms with Crippen LogP contribution in [0.5, 0.6) is 0 Å². The summed E-state index contributed by atoms with van der Waals surface area (Å²) < 4.78 is 7.74. The summed E-state index contributed by atoms with van der Waals surface area (Å²) in [7, 11) is 0. The molecule has 2 N–H and O–H groups in total. The predicted molar refractivity (Wildman–Crippen MR) is 97.5 cm³/mol. The molecule has 1 saturated heterocycles. The fourth-order valence-corrected chi connectivity index (χ4v) is 4.20. The number of rotatable bonds is 7. The number of amides is 2. The van der Waals surface area contributed by atoms with E-state index in [1.165, 1.54) is 0 Å². The van der Waals surface area contributed by atoms with Gasteiger partial charge in [0.15, 0.2) is 0 Å². The Bertz CT molecular complexity index is 636. The standard InChI is InChI=1S/C19H30N4O3/c1-3-5-16-20-7-9-23(16)8-4-6-21-17(24)18(25)22-15-11-19(12-15)10-14(2)26-13-19/h7,9,14-15H,3-6,8,10-13H2,1-2H3,(H,21,24)(H,22,25). The third kappa shape index (κ3) is 4.44. The van der Waals surface area contributed by atoms with Gasteiger partial charge in [-0.2, -0.15) is 0 Å². The molecule has 1 atom stereocenters. The molecule has 26 heavy (non-hydrogen) atoms. The lowest BCUT2D eigenvalue weighted by Gasteiger charge is -2.44. The Morgan fingerprint density at radius 3 is 2.85 bits per heavy atom. The van der Waals surface area contributed by atoms with Gasteiger partial charge < -0.3 is 19.9 Å². The normalized spacial score (nSPS) is 27.3. The topological polar surface area (TPSA) is 85.2 Å². The van der Waals surface area contributed by atoms with Gasteiger partial charge in [0, 0.05) is 43.4 Å². The minimum atomic E-state index is -0.540. The van der Waals surface area contributed by atoms with Crippen LogP contribution in [-0.2, 0) is 27.3 Å². The van der Waals surface area contributed by atoms with Crippen molar-refractivity contribution in [2.45, 2.75) is 71.1 Å². The highest BCUT2D eigenvalue weighted by Crippen LogP contribution is 2.49. The number of aryl methyl sites for hydroxylation is 2. The van der Waals surface area contributed by atoms with E-state index < -0.39 is 11.8 Å². The summed E-state index contributed by atoms with van der Waals surface area (Å²) in [5.41, 5.74) is 0.231. The molecule has 2 fully saturated rings. The van der Waals surface area contributed by atoms with E-state index >= 15 is 0 Å². The molecule has 1 saturated carbocycles. The Morgan fingerprint density at radius 2 is 2.15 bits per heavy atom. The molecule has 2 heterocycles. The summed E-state index contributed by atoms with van der Waals surface area (Å²) >= 11 is 0. The molecule has 7 nitrogen and oxygen atoms in total. The second-order valence-electron chi connectivity index (χ2n) is 7.80. The van der Waals surface area contributed by atoms with Gasteiger partial charge in [-0.3, -0.25) is 9.59 Å². The smallest absolute Gasteiger partial charge is 0.309 e. The van der Waals surface area contributed by atoms with Crippen LogP contribution < -0.4 is 10.6 Å². The third-order valence-electron chi connectivity index (χ3n) is 5.43. The fourth-order valence-electron chi connectivity index (χ4n) is 4.20. The number of carbonyl (C=O) groups excluding carboxylic acids is 2. The van der Waals surface area contributed by atoms with Crippen molar-refractivity contribution in [3.05, 3.63) is 18.2 Å². The number of ether oxygens (including phenoxy) is 1. The van der Waals surface area contributed by atoms with Gasteiger partial charge in [0.05, 0.1) is 12.7 Å². The molecule has 144 valence electrons. The Hall–Kier alpha value is -1.89. The minimum Gasteiger partial charge on any atom is -0.378 e. The molecule has 2 amide bonds. The van der Waals surface area contributed by atoms with Crippen molar-refractivity contribution in [1.82, 2.24) is 20.2 Å². The molecule has 3 rings (SSSR count). The van der Waals surface area contributed by atoms with Gasteiger partial charge in [0.25, 0.3) is 0 Å². The van der Waals surface area contributed by atoms with Gasteiger partial charge in [0.1, 0.15) is 5.82 Å². The Morgan fingerprint density at radius 1 is 1.35 bits per heavy atom. The third-order valence-corrected chi connectivity index (χ3v) is 5.43. The van der Waals surface area contributed by atoms with Gasteiger partial charge in [-0.1, -0.05) is 6.92 Å². The molecule has 1 unspecified atom stereocenters. The van der Waals surface area contributed by atoms with E-state index in [-0.39, 0.29) is 11.5 Å². The maximum absolute atomic E-state index is 12.0.